The molecule has 5 nitrogen and oxygen atoms in total. The van der Waals surface area contributed by atoms with Gasteiger partial charge in [-0.25, -0.2) is 16.8 Å². The molecule has 0 aliphatic heterocycles. The van der Waals surface area contributed by atoms with E-state index < -0.39 is 15.8 Å². The van der Waals surface area contributed by atoms with Gasteiger partial charge in [0.25, 0.3) is 10.0 Å². The number of thiophene rings is 1. The highest BCUT2D eigenvalue weighted by molar-refractivity contribution is 7.90. The van der Waals surface area contributed by atoms with Crippen LogP contribution in [0.5, 0.6) is 11.5 Å². The maximum Gasteiger partial charge on any atom is 0.268 e. The Hall–Kier alpha value is -3.10. The topological polar surface area (TPSA) is 57.5 Å². The number of rotatable bonds is 6. The van der Waals surface area contributed by atoms with Crippen molar-refractivity contribution in [1.82, 2.24) is 3.97 Å². The van der Waals surface area contributed by atoms with Gasteiger partial charge in [0.15, 0.2) is 11.5 Å². The zero-order chi connectivity index (χ0) is 22.2. The molecule has 159 valence electrons. The van der Waals surface area contributed by atoms with Crippen molar-refractivity contribution in [2.45, 2.75) is 4.90 Å². The van der Waals surface area contributed by atoms with Crippen LogP contribution in [0.15, 0.2) is 71.1 Å². The van der Waals surface area contributed by atoms with Crippen LogP contribution in [0.1, 0.15) is 5.56 Å². The van der Waals surface area contributed by atoms with Gasteiger partial charge in [-0.05, 0) is 48.4 Å². The molecular weight excluding hydrogens is 437 g/mol. The standard InChI is InChI=1S/C23H19FNO4S2/c1-15-11-20(18-9-4-5-10-19(18)24)25(13-15)31(26,27)17-8-6-7-16(12-17)23-22(29-3)21(28-2)14-30-23/h4-14H,1H2,2-3H3. The summed E-state index contributed by atoms with van der Waals surface area (Å²) in [7, 11) is -0.944. The highest BCUT2D eigenvalue weighted by Crippen LogP contribution is 2.44. The number of aromatic nitrogens is 1. The van der Waals surface area contributed by atoms with Gasteiger partial charge in [-0.15, -0.1) is 11.3 Å². The van der Waals surface area contributed by atoms with Gasteiger partial charge in [-0.1, -0.05) is 24.3 Å². The van der Waals surface area contributed by atoms with E-state index in [0.717, 1.165) is 8.85 Å². The van der Waals surface area contributed by atoms with Gasteiger partial charge in [0, 0.05) is 17.1 Å². The molecule has 0 saturated heterocycles. The maximum atomic E-state index is 14.4. The summed E-state index contributed by atoms with van der Waals surface area (Å²) in [5.74, 6) is 0.598. The van der Waals surface area contributed by atoms with E-state index in [1.807, 2.05) is 0 Å². The van der Waals surface area contributed by atoms with Crippen molar-refractivity contribution in [3.05, 3.63) is 84.5 Å². The third-order valence-corrected chi connectivity index (χ3v) is 7.44. The molecule has 0 fully saturated rings. The second-order valence-corrected chi connectivity index (χ2v) is 9.40. The lowest BCUT2D eigenvalue weighted by Gasteiger charge is -2.12. The smallest absolute Gasteiger partial charge is 0.268 e. The van der Waals surface area contributed by atoms with E-state index in [2.05, 4.69) is 6.92 Å². The number of hydrogen-bond acceptors (Lipinski definition) is 5. The molecule has 0 amide bonds. The summed E-state index contributed by atoms with van der Waals surface area (Å²) in [5.41, 5.74) is 1.52. The Bertz CT molecular complexity index is 1360. The molecule has 2 aromatic carbocycles. The SMILES string of the molecule is [CH2]c1cc(-c2ccccc2F)n(S(=O)(=O)c2cccc(-c3scc(OC)c3OC)c2)c1. The first-order valence-electron chi connectivity index (χ1n) is 9.21. The predicted molar refractivity (Wildman–Crippen MR) is 120 cm³/mol. The molecule has 2 aromatic heterocycles. The van der Waals surface area contributed by atoms with Gasteiger partial charge in [0.2, 0.25) is 0 Å². The fraction of sp³-hybridized carbons (Fsp3) is 0.0870. The van der Waals surface area contributed by atoms with E-state index in [9.17, 15) is 12.8 Å². The van der Waals surface area contributed by atoms with E-state index in [1.54, 1.807) is 48.9 Å². The minimum atomic E-state index is -4.02. The molecule has 0 bridgehead atoms. The molecular formula is C23H19FNO4S2. The Labute approximate surface area is 184 Å². The van der Waals surface area contributed by atoms with Crippen LogP contribution in [-0.2, 0) is 10.0 Å². The first-order valence-corrected chi connectivity index (χ1v) is 11.5. The summed E-state index contributed by atoms with van der Waals surface area (Å²) in [6.45, 7) is 3.83. The molecule has 4 aromatic rings. The number of hydrogen-bond donors (Lipinski definition) is 0. The van der Waals surface area contributed by atoms with E-state index in [4.69, 9.17) is 9.47 Å². The van der Waals surface area contributed by atoms with E-state index >= 15 is 0 Å². The van der Waals surface area contributed by atoms with Crippen LogP contribution >= 0.6 is 11.3 Å². The van der Waals surface area contributed by atoms with Crippen LogP contribution in [0.25, 0.3) is 21.7 Å². The lowest BCUT2D eigenvalue weighted by Crippen LogP contribution is -2.13. The average molecular weight is 457 g/mol. The third kappa shape index (κ3) is 3.73. The molecule has 2 heterocycles. The summed E-state index contributed by atoms with van der Waals surface area (Å²) >= 11 is 1.39. The second-order valence-electron chi connectivity index (χ2n) is 6.71. The lowest BCUT2D eigenvalue weighted by atomic mass is 10.1. The summed E-state index contributed by atoms with van der Waals surface area (Å²) in [4.78, 5) is 0.809. The summed E-state index contributed by atoms with van der Waals surface area (Å²) in [6.07, 6.45) is 1.39. The van der Waals surface area contributed by atoms with Crippen molar-refractivity contribution in [1.29, 1.82) is 0 Å². The molecule has 0 aliphatic carbocycles. The molecule has 4 rings (SSSR count). The van der Waals surface area contributed by atoms with E-state index in [0.29, 0.717) is 22.6 Å². The van der Waals surface area contributed by atoms with Gasteiger partial charge in [-0.3, -0.25) is 0 Å². The maximum absolute atomic E-state index is 14.4. The van der Waals surface area contributed by atoms with Crippen molar-refractivity contribution >= 4 is 21.4 Å². The van der Waals surface area contributed by atoms with Crippen molar-refractivity contribution in [2.75, 3.05) is 14.2 Å². The Morgan fingerprint density at radius 1 is 1.03 bits per heavy atom. The van der Waals surface area contributed by atoms with E-state index in [-0.39, 0.29) is 16.2 Å². The normalized spacial score (nSPS) is 11.5. The van der Waals surface area contributed by atoms with Crippen LogP contribution in [0.4, 0.5) is 4.39 Å². The number of ether oxygens (including phenoxy) is 2. The van der Waals surface area contributed by atoms with Crippen LogP contribution in [0.2, 0.25) is 0 Å². The quantitative estimate of drug-likeness (QED) is 0.387. The first-order chi connectivity index (χ1) is 14.9. The molecule has 0 spiro atoms. The minimum Gasteiger partial charge on any atom is -0.492 e. The van der Waals surface area contributed by atoms with E-state index in [1.165, 1.54) is 42.8 Å². The lowest BCUT2D eigenvalue weighted by molar-refractivity contribution is 0.359. The summed E-state index contributed by atoms with van der Waals surface area (Å²) in [5, 5.41) is 1.80. The third-order valence-electron chi connectivity index (χ3n) is 4.78. The molecule has 0 atom stereocenters. The Morgan fingerprint density at radius 2 is 1.81 bits per heavy atom. The number of methoxy groups -OCH3 is 2. The molecule has 1 radical (unpaired) electrons. The van der Waals surface area contributed by atoms with Crippen molar-refractivity contribution < 1.29 is 22.3 Å². The Balaban J connectivity index is 1.85. The van der Waals surface area contributed by atoms with Crippen molar-refractivity contribution in [3.63, 3.8) is 0 Å². The second kappa shape index (κ2) is 8.20. The summed E-state index contributed by atoms with van der Waals surface area (Å²) in [6, 6.07) is 14.1. The molecule has 8 heteroatoms. The highest BCUT2D eigenvalue weighted by atomic mass is 32.2. The average Bonchev–Trinajstić information content (AvgIpc) is 3.37. The van der Waals surface area contributed by atoms with Gasteiger partial charge in [0.1, 0.15) is 5.82 Å². The predicted octanol–water partition coefficient (Wildman–Crippen LogP) is 5.46. The van der Waals surface area contributed by atoms with Crippen LogP contribution < -0.4 is 9.47 Å². The fourth-order valence-electron chi connectivity index (χ4n) is 3.34. The van der Waals surface area contributed by atoms with Gasteiger partial charge < -0.3 is 9.47 Å². The zero-order valence-electron chi connectivity index (χ0n) is 16.8. The van der Waals surface area contributed by atoms with Gasteiger partial charge in [0.05, 0.1) is 29.7 Å². The monoisotopic (exact) mass is 456 g/mol. The van der Waals surface area contributed by atoms with Crippen LogP contribution in [0, 0.1) is 12.7 Å². The number of nitrogens with zero attached hydrogens (tertiary/aromatic N) is 1. The fourth-order valence-corrected chi connectivity index (χ4v) is 5.76. The molecule has 0 saturated carbocycles. The largest absolute Gasteiger partial charge is 0.492 e. The minimum absolute atomic E-state index is 0.0626. The molecule has 31 heavy (non-hydrogen) atoms. The van der Waals surface area contributed by atoms with Crippen molar-refractivity contribution in [2.24, 2.45) is 0 Å². The molecule has 0 unspecified atom stereocenters. The van der Waals surface area contributed by atoms with Gasteiger partial charge >= 0.3 is 0 Å². The summed E-state index contributed by atoms with van der Waals surface area (Å²) < 4.78 is 53.3. The molecule has 0 N–H and O–H groups in total. The Morgan fingerprint density at radius 3 is 2.52 bits per heavy atom. The number of halogens is 1. The number of benzene rings is 2. The Kier molecular flexibility index (Phi) is 5.60. The van der Waals surface area contributed by atoms with Crippen molar-refractivity contribution in [3.8, 4) is 33.2 Å². The van der Waals surface area contributed by atoms with Crippen LogP contribution in [-0.4, -0.2) is 26.6 Å². The molecule has 0 aliphatic rings. The van der Waals surface area contributed by atoms with Crippen LogP contribution in [0.3, 0.4) is 0 Å². The highest BCUT2D eigenvalue weighted by Gasteiger charge is 2.24. The zero-order valence-corrected chi connectivity index (χ0v) is 18.5. The first kappa shape index (κ1) is 21.1. The van der Waals surface area contributed by atoms with Gasteiger partial charge in [-0.2, -0.15) is 0 Å².